The molecule has 1 amide bonds. The predicted octanol–water partition coefficient (Wildman–Crippen LogP) is 1.86. The molecule has 27 heavy (non-hydrogen) atoms. The molecule has 1 aromatic rings. The summed E-state index contributed by atoms with van der Waals surface area (Å²) >= 11 is 0. The van der Waals surface area contributed by atoms with Gasteiger partial charge in [-0.15, -0.1) is 0 Å². The van der Waals surface area contributed by atoms with E-state index in [1.165, 1.54) is 27.2 Å². The van der Waals surface area contributed by atoms with Gasteiger partial charge in [-0.05, 0) is 36.3 Å². The van der Waals surface area contributed by atoms with E-state index in [4.69, 9.17) is 9.47 Å². The molecule has 1 aliphatic rings. The highest BCUT2D eigenvalue weighted by molar-refractivity contribution is 6.05. The van der Waals surface area contributed by atoms with Gasteiger partial charge in [0.05, 0.1) is 19.8 Å². The molecule has 0 saturated heterocycles. The molecule has 2 rings (SSSR count). The summed E-state index contributed by atoms with van der Waals surface area (Å²) in [6, 6.07) is 7.46. The number of allylic oxidation sites excluding steroid dienone is 2. The van der Waals surface area contributed by atoms with Gasteiger partial charge in [0.25, 0.3) is 0 Å². The third-order valence-electron chi connectivity index (χ3n) is 3.89. The number of nitrogens with zero attached hydrogens (tertiary/aromatic N) is 1. The zero-order valence-electron chi connectivity index (χ0n) is 15.5. The van der Waals surface area contributed by atoms with Crippen LogP contribution in [0, 0.1) is 0 Å². The lowest BCUT2D eigenvalue weighted by molar-refractivity contribution is -0.139. The van der Waals surface area contributed by atoms with Crippen LogP contribution in [-0.4, -0.2) is 38.6 Å². The molecule has 0 aromatic heterocycles. The number of esters is 2. The van der Waals surface area contributed by atoms with Crippen molar-refractivity contribution in [3.05, 3.63) is 65.5 Å². The van der Waals surface area contributed by atoms with E-state index in [2.05, 4.69) is 5.32 Å². The van der Waals surface area contributed by atoms with Crippen molar-refractivity contribution in [2.24, 2.45) is 0 Å². The SMILES string of the molecule is COC(=O)C1=C(C(=O)OC)N(c2ccc(CCNC(C)=O)cc2)C=CC=C1. The number of methoxy groups -OCH3 is 2. The molecular formula is C20H22N2O5. The normalized spacial score (nSPS) is 13.2. The average Bonchev–Trinajstić information content (AvgIpc) is 2.90. The Balaban J connectivity index is 2.35. The molecule has 0 spiro atoms. The first-order valence-corrected chi connectivity index (χ1v) is 8.36. The summed E-state index contributed by atoms with van der Waals surface area (Å²) in [6.07, 6.45) is 7.23. The topological polar surface area (TPSA) is 84.9 Å². The molecule has 0 radical (unpaired) electrons. The zero-order valence-corrected chi connectivity index (χ0v) is 15.5. The largest absolute Gasteiger partial charge is 0.465 e. The number of hydrogen-bond acceptors (Lipinski definition) is 6. The first kappa shape index (κ1) is 20.0. The highest BCUT2D eigenvalue weighted by atomic mass is 16.5. The molecule has 1 heterocycles. The molecule has 0 unspecified atom stereocenters. The molecule has 0 fully saturated rings. The van der Waals surface area contributed by atoms with E-state index in [1.54, 1.807) is 23.3 Å². The van der Waals surface area contributed by atoms with E-state index < -0.39 is 11.9 Å². The molecule has 1 aliphatic heterocycles. The Morgan fingerprint density at radius 3 is 2.26 bits per heavy atom. The Hall–Kier alpha value is -3.35. The fourth-order valence-corrected chi connectivity index (χ4v) is 2.57. The third kappa shape index (κ3) is 5.07. The Morgan fingerprint density at radius 2 is 1.67 bits per heavy atom. The van der Waals surface area contributed by atoms with Crippen molar-refractivity contribution >= 4 is 23.5 Å². The zero-order chi connectivity index (χ0) is 19.8. The highest BCUT2D eigenvalue weighted by Crippen LogP contribution is 2.26. The van der Waals surface area contributed by atoms with Crippen LogP contribution in [0.25, 0.3) is 0 Å². The maximum Gasteiger partial charge on any atom is 0.355 e. The molecule has 0 saturated carbocycles. The second kappa shape index (κ2) is 9.38. The van der Waals surface area contributed by atoms with Gasteiger partial charge in [-0.2, -0.15) is 0 Å². The van der Waals surface area contributed by atoms with Crippen LogP contribution in [-0.2, 0) is 30.3 Å². The summed E-state index contributed by atoms with van der Waals surface area (Å²) in [7, 11) is 2.51. The second-order valence-electron chi connectivity index (χ2n) is 5.72. The van der Waals surface area contributed by atoms with Crippen LogP contribution in [0.3, 0.4) is 0 Å². The van der Waals surface area contributed by atoms with E-state index in [-0.39, 0.29) is 17.2 Å². The molecular weight excluding hydrogens is 348 g/mol. The summed E-state index contributed by atoms with van der Waals surface area (Å²) in [5.74, 6) is -1.36. The van der Waals surface area contributed by atoms with Crippen molar-refractivity contribution < 1.29 is 23.9 Å². The lowest BCUT2D eigenvalue weighted by Gasteiger charge is -2.23. The Labute approximate surface area is 157 Å². The number of carbonyl (C=O) groups is 3. The molecule has 142 valence electrons. The minimum absolute atomic E-state index is 0.0698. The van der Waals surface area contributed by atoms with E-state index >= 15 is 0 Å². The van der Waals surface area contributed by atoms with Crippen LogP contribution >= 0.6 is 0 Å². The lowest BCUT2D eigenvalue weighted by atomic mass is 10.1. The van der Waals surface area contributed by atoms with Crippen molar-refractivity contribution in [3.8, 4) is 0 Å². The van der Waals surface area contributed by atoms with Gasteiger partial charge in [-0.1, -0.05) is 18.2 Å². The summed E-state index contributed by atoms with van der Waals surface area (Å²) in [5, 5.41) is 2.75. The van der Waals surface area contributed by atoms with Gasteiger partial charge in [0.15, 0.2) is 0 Å². The number of nitrogens with one attached hydrogen (secondary N) is 1. The maximum absolute atomic E-state index is 12.4. The van der Waals surface area contributed by atoms with Crippen LogP contribution in [0.4, 0.5) is 5.69 Å². The first-order chi connectivity index (χ1) is 13.0. The minimum Gasteiger partial charge on any atom is -0.465 e. The van der Waals surface area contributed by atoms with Gasteiger partial charge in [0.2, 0.25) is 5.91 Å². The van der Waals surface area contributed by atoms with Crippen LogP contribution in [0.2, 0.25) is 0 Å². The smallest absolute Gasteiger partial charge is 0.355 e. The highest BCUT2D eigenvalue weighted by Gasteiger charge is 2.27. The lowest BCUT2D eigenvalue weighted by Crippen LogP contribution is -2.27. The molecule has 0 bridgehead atoms. The van der Waals surface area contributed by atoms with Gasteiger partial charge in [-0.25, -0.2) is 9.59 Å². The van der Waals surface area contributed by atoms with E-state index in [9.17, 15) is 14.4 Å². The third-order valence-corrected chi connectivity index (χ3v) is 3.89. The molecule has 1 aromatic carbocycles. The fourth-order valence-electron chi connectivity index (χ4n) is 2.57. The van der Waals surface area contributed by atoms with Crippen molar-refractivity contribution in [1.29, 1.82) is 0 Å². The second-order valence-corrected chi connectivity index (χ2v) is 5.72. The first-order valence-electron chi connectivity index (χ1n) is 8.36. The summed E-state index contributed by atoms with van der Waals surface area (Å²) in [5.41, 5.74) is 1.88. The van der Waals surface area contributed by atoms with Crippen molar-refractivity contribution in [1.82, 2.24) is 5.32 Å². The molecule has 0 atom stereocenters. The van der Waals surface area contributed by atoms with Crippen molar-refractivity contribution in [3.63, 3.8) is 0 Å². The summed E-state index contributed by atoms with van der Waals surface area (Å²) in [6.45, 7) is 2.02. The standard InChI is InChI=1S/C20H22N2O5/c1-14(23)21-12-11-15-7-9-16(10-8-15)22-13-5-4-6-17(19(24)26-2)18(22)20(25)27-3/h4-10,13H,11-12H2,1-3H3,(H,21,23). The van der Waals surface area contributed by atoms with E-state index in [1.807, 2.05) is 24.3 Å². The van der Waals surface area contributed by atoms with Crippen LogP contribution < -0.4 is 10.2 Å². The molecule has 7 heteroatoms. The van der Waals surface area contributed by atoms with Crippen LogP contribution in [0.5, 0.6) is 0 Å². The summed E-state index contributed by atoms with van der Waals surface area (Å²) < 4.78 is 9.66. The number of anilines is 1. The minimum atomic E-state index is -0.652. The van der Waals surface area contributed by atoms with Gasteiger partial charge >= 0.3 is 11.9 Å². The van der Waals surface area contributed by atoms with E-state index in [0.717, 1.165) is 5.56 Å². The fraction of sp³-hybridized carbons (Fsp3) is 0.250. The van der Waals surface area contributed by atoms with Gasteiger partial charge in [0, 0.05) is 25.4 Å². The van der Waals surface area contributed by atoms with Gasteiger partial charge < -0.3 is 19.7 Å². The number of rotatable bonds is 6. The van der Waals surface area contributed by atoms with Gasteiger partial charge in [-0.3, -0.25) is 4.79 Å². The van der Waals surface area contributed by atoms with Crippen molar-refractivity contribution in [2.75, 3.05) is 25.7 Å². The number of amides is 1. The van der Waals surface area contributed by atoms with Crippen molar-refractivity contribution in [2.45, 2.75) is 13.3 Å². The Bertz CT molecular complexity index is 806. The monoisotopic (exact) mass is 370 g/mol. The Kier molecular flexibility index (Phi) is 6.93. The average molecular weight is 370 g/mol. The van der Waals surface area contributed by atoms with Crippen LogP contribution in [0.1, 0.15) is 12.5 Å². The number of hydrogen-bond donors (Lipinski definition) is 1. The number of ether oxygens (including phenoxy) is 2. The van der Waals surface area contributed by atoms with Gasteiger partial charge in [0.1, 0.15) is 5.70 Å². The molecule has 0 aliphatic carbocycles. The maximum atomic E-state index is 12.4. The number of carbonyl (C=O) groups excluding carboxylic acids is 3. The molecule has 7 nitrogen and oxygen atoms in total. The van der Waals surface area contributed by atoms with E-state index in [0.29, 0.717) is 18.7 Å². The molecule has 1 N–H and O–H groups in total. The quantitative estimate of drug-likeness (QED) is 0.770. The summed E-state index contributed by atoms with van der Waals surface area (Å²) in [4.78, 5) is 37.0. The number of benzene rings is 1. The Morgan fingerprint density at radius 1 is 1.00 bits per heavy atom. The predicted molar refractivity (Wildman–Crippen MR) is 101 cm³/mol. The van der Waals surface area contributed by atoms with Crippen LogP contribution in [0.15, 0.2) is 60.0 Å².